The summed E-state index contributed by atoms with van der Waals surface area (Å²) in [6, 6.07) is 0. The number of aliphatic hydroxyl groups is 2. The highest BCUT2D eigenvalue weighted by Crippen LogP contribution is 1.93. The summed E-state index contributed by atoms with van der Waals surface area (Å²) in [6.45, 7) is 5.16. The van der Waals surface area contributed by atoms with E-state index in [0.29, 0.717) is 32.3 Å². The van der Waals surface area contributed by atoms with Crippen LogP contribution in [0.5, 0.6) is 0 Å². The van der Waals surface area contributed by atoms with Gasteiger partial charge >= 0.3 is 6.08 Å². The zero-order valence-electron chi connectivity index (χ0n) is 10.8. The van der Waals surface area contributed by atoms with Crippen LogP contribution < -0.4 is 0 Å². The number of hydrogen-bond acceptors (Lipinski definition) is 6. The number of aliphatic hydroxyl groups excluding tert-OH is 2. The van der Waals surface area contributed by atoms with Gasteiger partial charge < -0.3 is 19.7 Å². The van der Waals surface area contributed by atoms with E-state index in [1.165, 1.54) is 7.11 Å². The molecule has 2 N–H and O–H groups in total. The van der Waals surface area contributed by atoms with Crippen LogP contribution in [-0.4, -0.2) is 74.3 Å². The minimum absolute atomic E-state index is 0.103. The van der Waals surface area contributed by atoms with E-state index in [2.05, 4.69) is 4.99 Å². The lowest BCUT2D eigenvalue weighted by Gasteiger charge is -2.19. The Morgan fingerprint density at radius 1 is 1.18 bits per heavy atom. The van der Waals surface area contributed by atoms with Crippen molar-refractivity contribution in [3.05, 3.63) is 0 Å². The highest BCUT2D eigenvalue weighted by molar-refractivity contribution is 5.66. The predicted octanol–water partition coefficient (Wildman–Crippen LogP) is -0.298. The number of nitrogens with zero attached hydrogens (tertiary/aromatic N) is 2. The average molecular weight is 248 g/mol. The van der Waals surface area contributed by atoms with Gasteiger partial charge in [-0.3, -0.25) is 4.90 Å². The monoisotopic (exact) mass is 248 g/mol. The largest absolute Gasteiger partial charge is 0.454 e. The molecular formula is C11H24N2O4. The molecule has 102 valence electrons. The van der Waals surface area contributed by atoms with Crippen LogP contribution in [0.1, 0.15) is 13.3 Å². The second-order valence-electron chi connectivity index (χ2n) is 3.43. The molecule has 0 saturated carbocycles. The van der Waals surface area contributed by atoms with Gasteiger partial charge in [0.25, 0.3) is 0 Å². The highest BCUT2D eigenvalue weighted by Gasteiger charge is 2.03. The van der Waals surface area contributed by atoms with Crippen LogP contribution in [0.25, 0.3) is 0 Å². The Balaban J connectivity index is 3.78. The smallest absolute Gasteiger partial charge is 0.383 e. The van der Waals surface area contributed by atoms with E-state index in [1.807, 2.05) is 11.8 Å². The number of methoxy groups -OCH3 is 1. The first-order chi connectivity index (χ1) is 8.28. The van der Waals surface area contributed by atoms with Gasteiger partial charge in [0.1, 0.15) is 0 Å². The van der Waals surface area contributed by atoms with Gasteiger partial charge in [-0.25, -0.2) is 4.99 Å². The molecule has 0 unspecified atom stereocenters. The molecule has 0 aromatic rings. The van der Waals surface area contributed by atoms with Crippen LogP contribution in [0.2, 0.25) is 0 Å². The summed E-state index contributed by atoms with van der Waals surface area (Å²) in [5.41, 5.74) is 0. The quantitative estimate of drug-likeness (QED) is 0.333. The number of aliphatic imine (C=N–C) groups is 1. The molecule has 0 fully saturated rings. The van der Waals surface area contributed by atoms with Crippen LogP contribution >= 0.6 is 0 Å². The fourth-order valence-corrected chi connectivity index (χ4v) is 1.38. The molecule has 0 aromatic carbocycles. The first-order valence-electron chi connectivity index (χ1n) is 5.93. The standard InChI is InChI=1S/C11H24N2O4/c1-3-17-11(16-2)12-5-4-6-13(7-9-14)8-10-15/h14-15H,3-10H2,1-2H3. The SMILES string of the molecule is CCOC(=NCCCN(CCO)CCO)OC. The van der Waals surface area contributed by atoms with E-state index in [4.69, 9.17) is 19.7 Å². The molecule has 0 aliphatic carbocycles. The van der Waals surface area contributed by atoms with Crippen LogP contribution in [0.3, 0.4) is 0 Å². The fourth-order valence-electron chi connectivity index (χ4n) is 1.38. The Kier molecular flexibility index (Phi) is 11.0. The molecule has 0 bridgehead atoms. The lowest BCUT2D eigenvalue weighted by Crippen LogP contribution is -2.31. The Labute approximate surface area is 103 Å². The van der Waals surface area contributed by atoms with Gasteiger partial charge in [0.2, 0.25) is 0 Å². The van der Waals surface area contributed by atoms with Crippen molar-refractivity contribution in [1.29, 1.82) is 0 Å². The van der Waals surface area contributed by atoms with Gasteiger partial charge in [0.05, 0.1) is 26.9 Å². The van der Waals surface area contributed by atoms with E-state index >= 15 is 0 Å². The van der Waals surface area contributed by atoms with Crippen LogP contribution in [0.15, 0.2) is 4.99 Å². The Bertz CT molecular complexity index is 194. The summed E-state index contributed by atoms with van der Waals surface area (Å²) in [5, 5.41) is 17.7. The molecule has 0 rings (SSSR count). The zero-order valence-corrected chi connectivity index (χ0v) is 10.8. The lowest BCUT2D eigenvalue weighted by molar-refractivity contribution is 0.160. The third-order valence-corrected chi connectivity index (χ3v) is 2.15. The summed E-state index contributed by atoms with van der Waals surface area (Å²) in [7, 11) is 1.53. The lowest BCUT2D eigenvalue weighted by atomic mass is 10.3. The fraction of sp³-hybridized carbons (Fsp3) is 0.909. The van der Waals surface area contributed by atoms with Gasteiger partial charge in [-0.1, -0.05) is 0 Å². The summed E-state index contributed by atoms with van der Waals surface area (Å²) in [5.74, 6) is 0. The van der Waals surface area contributed by atoms with Gasteiger partial charge in [0, 0.05) is 26.2 Å². The zero-order chi connectivity index (χ0) is 12.9. The maximum absolute atomic E-state index is 8.83. The molecule has 0 aliphatic rings. The second kappa shape index (κ2) is 11.6. The third kappa shape index (κ3) is 8.91. The van der Waals surface area contributed by atoms with Crippen molar-refractivity contribution in [2.45, 2.75) is 13.3 Å². The highest BCUT2D eigenvalue weighted by atomic mass is 16.7. The van der Waals surface area contributed by atoms with E-state index in [0.717, 1.165) is 13.0 Å². The van der Waals surface area contributed by atoms with Crippen molar-refractivity contribution < 1.29 is 19.7 Å². The molecule has 0 atom stereocenters. The van der Waals surface area contributed by atoms with Crippen LogP contribution in [-0.2, 0) is 9.47 Å². The van der Waals surface area contributed by atoms with Gasteiger partial charge in [-0.2, -0.15) is 0 Å². The van der Waals surface area contributed by atoms with Crippen molar-refractivity contribution in [2.24, 2.45) is 4.99 Å². The normalized spacial score (nSPS) is 11.9. The number of ether oxygens (including phenoxy) is 2. The number of hydrogen-bond donors (Lipinski definition) is 2. The molecule has 17 heavy (non-hydrogen) atoms. The summed E-state index contributed by atoms with van der Waals surface area (Å²) >= 11 is 0. The Morgan fingerprint density at radius 2 is 1.82 bits per heavy atom. The van der Waals surface area contributed by atoms with E-state index in [9.17, 15) is 0 Å². The molecule has 0 amide bonds. The first kappa shape index (κ1) is 16.1. The maximum Gasteiger partial charge on any atom is 0.383 e. The molecule has 6 heteroatoms. The Hall–Kier alpha value is -0.850. The van der Waals surface area contributed by atoms with E-state index in [-0.39, 0.29) is 13.2 Å². The average Bonchev–Trinajstić information content (AvgIpc) is 2.33. The third-order valence-electron chi connectivity index (χ3n) is 2.15. The molecule has 0 aliphatic heterocycles. The van der Waals surface area contributed by atoms with Crippen LogP contribution in [0, 0.1) is 0 Å². The summed E-state index contributed by atoms with van der Waals surface area (Å²) in [4.78, 5) is 6.13. The minimum atomic E-state index is 0.103. The van der Waals surface area contributed by atoms with Crippen molar-refractivity contribution in [1.82, 2.24) is 4.90 Å². The van der Waals surface area contributed by atoms with Crippen molar-refractivity contribution in [2.75, 3.05) is 53.1 Å². The molecule has 0 spiro atoms. The van der Waals surface area contributed by atoms with Crippen molar-refractivity contribution >= 4 is 6.08 Å². The summed E-state index contributed by atoms with van der Waals surface area (Å²) in [6.07, 6.45) is 1.14. The second-order valence-corrected chi connectivity index (χ2v) is 3.43. The van der Waals surface area contributed by atoms with Crippen molar-refractivity contribution in [3.63, 3.8) is 0 Å². The van der Waals surface area contributed by atoms with E-state index < -0.39 is 0 Å². The van der Waals surface area contributed by atoms with E-state index in [1.54, 1.807) is 0 Å². The van der Waals surface area contributed by atoms with Gasteiger partial charge in [-0.05, 0) is 13.3 Å². The molecule has 0 heterocycles. The predicted molar refractivity (Wildman–Crippen MR) is 66.2 cm³/mol. The topological polar surface area (TPSA) is 74.5 Å². The number of rotatable bonds is 9. The first-order valence-corrected chi connectivity index (χ1v) is 5.93. The van der Waals surface area contributed by atoms with Crippen LogP contribution in [0.4, 0.5) is 0 Å². The summed E-state index contributed by atoms with van der Waals surface area (Å²) < 4.78 is 10.1. The van der Waals surface area contributed by atoms with Gasteiger partial charge in [-0.15, -0.1) is 0 Å². The molecule has 6 nitrogen and oxygen atoms in total. The molecule has 0 aromatic heterocycles. The maximum atomic E-state index is 8.83. The molecule has 0 saturated heterocycles. The Morgan fingerprint density at radius 3 is 2.29 bits per heavy atom. The molecular weight excluding hydrogens is 224 g/mol. The van der Waals surface area contributed by atoms with Gasteiger partial charge in [0.15, 0.2) is 0 Å². The van der Waals surface area contributed by atoms with Crippen molar-refractivity contribution in [3.8, 4) is 0 Å². The minimum Gasteiger partial charge on any atom is -0.454 e. The molecule has 0 radical (unpaired) electrons.